The van der Waals surface area contributed by atoms with Crippen molar-refractivity contribution in [3.63, 3.8) is 0 Å². The number of rotatable bonds is 7. The molecular weight excluding hydrogens is 428 g/mol. The topological polar surface area (TPSA) is 108 Å². The lowest BCUT2D eigenvalue weighted by atomic mass is 10.1. The fraction of sp³-hybridized carbons (Fsp3) is 0.227. The molecule has 32 heavy (non-hydrogen) atoms. The van der Waals surface area contributed by atoms with E-state index in [1.165, 1.54) is 34.0 Å². The van der Waals surface area contributed by atoms with Gasteiger partial charge in [0.25, 0.3) is 5.91 Å². The molecule has 3 heterocycles. The summed E-state index contributed by atoms with van der Waals surface area (Å²) in [5.41, 5.74) is 5.47. The molecule has 1 N–H and O–H groups in total. The summed E-state index contributed by atoms with van der Waals surface area (Å²) in [6.07, 6.45) is 2.58. The third kappa shape index (κ3) is 4.59. The van der Waals surface area contributed by atoms with Gasteiger partial charge in [-0.2, -0.15) is 10.2 Å². The molecule has 4 rings (SSSR count). The van der Waals surface area contributed by atoms with Crippen molar-refractivity contribution < 1.29 is 9.72 Å². The zero-order valence-electron chi connectivity index (χ0n) is 17.9. The first-order valence-corrected chi connectivity index (χ1v) is 10.8. The monoisotopic (exact) mass is 450 g/mol. The molecular formula is C22H22N6O3S. The molecule has 0 aliphatic heterocycles. The van der Waals surface area contributed by atoms with Crippen LogP contribution in [0.25, 0.3) is 0 Å². The number of amides is 1. The molecule has 1 amide bonds. The largest absolute Gasteiger partial charge is 0.318 e. The first-order chi connectivity index (χ1) is 15.3. The van der Waals surface area contributed by atoms with E-state index < -0.39 is 4.92 Å². The van der Waals surface area contributed by atoms with E-state index >= 15 is 0 Å². The summed E-state index contributed by atoms with van der Waals surface area (Å²) in [4.78, 5) is 23.7. The standard InChI is InChI=1S/C22H22N6O3S/c1-14-5-4-6-17(7-14)11-27-16(3)21(15(2)25-27)24-22(29)20-8-18(13-32-20)10-26-12-19(9-23-26)28(30)31/h4-9,12-13H,10-11H2,1-3H3,(H,24,29). The molecule has 0 fully saturated rings. The number of aromatic nitrogens is 4. The van der Waals surface area contributed by atoms with E-state index in [9.17, 15) is 14.9 Å². The van der Waals surface area contributed by atoms with Gasteiger partial charge in [0.05, 0.1) is 40.0 Å². The van der Waals surface area contributed by atoms with E-state index in [0.29, 0.717) is 23.7 Å². The van der Waals surface area contributed by atoms with Crippen molar-refractivity contribution in [1.29, 1.82) is 0 Å². The Morgan fingerprint density at radius 1 is 1.19 bits per heavy atom. The summed E-state index contributed by atoms with van der Waals surface area (Å²) < 4.78 is 3.37. The number of hydrogen-bond donors (Lipinski definition) is 1. The quantitative estimate of drug-likeness (QED) is 0.333. The van der Waals surface area contributed by atoms with Gasteiger partial charge in [-0.05, 0) is 43.3 Å². The van der Waals surface area contributed by atoms with Gasteiger partial charge in [-0.25, -0.2) is 0 Å². The smallest absolute Gasteiger partial charge is 0.307 e. The normalized spacial score (nSPS) is 11.0. The highest BCUT2D eigenvalue weighted by molar-refractivity contribution is 7.12. The molecule has 0 aliphatic carbocycles. The summed E-state index contributed by atoms with van der Waals surface area (Å²) >= 11 is 1.32. The van der Waals surface area contributed by atoms with Gasteiger partial charge < -0.3 is 5.32 Å². The Morgan fingerprint density at radius 2 is 2.00 bits per heavy atom. The van der Waals surface area contributed by atoms with E-state index in [-0.39, 0.29) is 11.6 Å². The lowest BCUT2D eigenvalue weighted by Gasteiger charge is -2.07. The van der Waals surface area contributed by atoms with Crippen LogP contribution in [0.5, 0.6) is 0 Å². The number of benzene rings is 1. The average molecular weight is 451 g/mol. The number of anilines is 1. The van der Waals surface area contributed by atoms with E-state index in [4.69, 9.17) is 0 Å². The van der Waals surface area contributed by atoms with Crippen LogP contribution in [0.2, 0.25) is 0 Å². The summed E-state index contributed by atoms with van der Waals surface area (Å²) in [7, 11) is 0. The predicted octanol–water partition coefficient (Wildman–Crippen LogP) is 4.32. The highest BCUT2D eigenvalue weighted by Crippen LogP contribution is 2.24. The summed E-state index contributed by atoms with van der Waals surface area (Å²) in [6.45, 7) is 6.85. The van der Waals surface area contributed by atoms with Crippen molar-refractivity contribution in [2.75, 3.05) is 5.32 Å². The first kappa shape index (κ1) is 21.4. The molecule has 4 aromatic rings. The van der Waals surface area contributed by atoms with E-state index in [2.05, 4.69) is 40.6 Å². The molecule has 0 saturated carbocycles. The predicted molar refractivity (Wildman–Crippen MR) is 122 cm³/mol. The van der Waals surface area contributed by atoms with Gasteiger partial charge in [-0.15, -0.1) is 11.3 Å². The second kappa shape index (κ2) is 8.75. The van der Waals surface area contributed by atoms with Crippen LogP contribution in [-0.2, 0) is 13.1 Å². The van der Waals surface area contributed by atoms with Crippen molar-refractivity contribution in [2.45, 2.75) is 33.9 Å². The zero-order chi connectivity index (χ0) is 22.8. The van der Waals surface area contributed by atoms with Gasteiger partial charge in [0, 0.05) is 0 Å². The molecule has 0 unspecified atom stereocenters. The Kier molecular flexibility index (Phi) is 5.87. The highest BCUT2D eigenvalue weighted by atomic mass is 32.1. The van der Waals surface area contributed by atoms with E-state index in [0.717, 1.165) is 22.5 Å². The van der Waals surface area contributed by atoms with Gasteiger partial charge >= 0.3 is 5.69 Å². The molecule has 1 aromatic carbocycles. The van der Waals surface area contributed by atoms with Crippen molar-refractivity contribution in [2.24, 2.45) is 0 Å². The van der Waals surface area contributed by atoms with Crippen molar-refractivity contribution in [1.82, 2.24) is 19.6 Å². The second-order valence-corrected chi connectivity index (χ2v) is 8.53. The Labute approximate surface area is 188 Å². The molecule has 0 atom stereocenters. The minimum Gasteiger partial charge on any atom is -0.318 e. The number of carbonyl (C=O) groups is 1. The second-order valence-electron chi connectivity index (χ2n) is 7.62. The van der Waals surface area contributed by atoms with Crippen molar-refractivity contribution in [3.05, 3.63) is 91.2 Å². The summed E-state index contributed by atoms with van der Waals surface area (Å²) in [5.74, 6) is -0.214. The van der Waals surface area contributed by atoms with Crippen LogP contribution >= 0.6 is 11.3 Å². The summed E-state index contributed by atoms with van der Waals surface area (Å²) in [6, 6.07) is 10.0. The maximum atomic E-state index is 12.8. The van der Waals surface area contributed by atoms with Crippen LogP contribution in [0, 0.1) is 30.9 Å². The lowest BCUT2D eigenvalue weighted by molar-refractivity contribution is -0.385. The first-order valence-electron chi connectivity index (χ1n) is 9.95. The van der Waals surface area contributed by atoms with E-state index in [1.807, 2.05) is 30.0 Å². The molecule has 0 spiro atoms. The van der Waals surface area contributed by atoms with Crippen LogP contribution in [-0.4, -0.2) is 30.4 Å². The van der Waals surface area contributed by atoms with E-state index in [1.54, 1.807) is 6.07 Å². The van der Waals surface area contributed by atoms with Crippen molar-refractivity contribution in [3.8, 4) is 0 Å². The van der Waals surface area contributed by atoms with Gasteiger partial charge in [0.1, 0.15) is 12.4 Å². The molecule has 3 aromatic heterocycles. The third-order valence-corrected chi connectivity index (χ3v) is 6.07. The van der Waals surface area contributed by atoms with Crippen LogP contribution in [0.15, 0.2) is 48.1 Å². The minimum absolute atomic E-state index is 0.0631. The zero-order valence-corrected chi connectivity index (χ0v) is 18.7. The lowest BCUT2D eigenvalue weighted by Crippen LogP contribution is -2.12. The maximum Gasteiger partial charge on any atom is 0.307 e. The molecule has 0 bridgehead atoms. The molecule has 164 valence electrons. The van der Waals surface area contributed by atoms with Crippen LogP contribution in [0.1, 0.15) is 37.7 Å². The van der Waals surface area contributed by atoms with Gasteiger partial charge in [0.2, 0.25) is 0 Å². The number of aryl methyl sites for hydroxylation is 2. The maximum absolute atomic E-state index is 12.8. The Hall–Kier alpha value is -3.79. The number of thiophene rings is 1. The number of hydrogen-bond acceptors (Lipinski definition) is 6. The summed E-state index contributed by atoms with van der Waals surface area (Å²) in [5, 5.41) is 24.2. The van der Waals surface area contributed by atoms with Crippen LogP contribution < -0.4 is 5.32 Å². The molecule has 9 nitrogen and oxygen atoms in total. The molecule has 0 aliphatic rings. The Morgan fingerprint density at radius 3 is 2.72 bits per heavy atom. The van der Waals surface area contributed by atoms with Crippen molar-refractivity contribution >= 4 is 28.6 Å². The minimum atomic E-state index is -0.486. The SMILES string of the molecule is Cc1cccc(Cn2nc(C)c(NC(=O)c3cc(Cn4cc([N+](=O)[O-])cn4)cs3)c2C)c1. The molecule has 10 heteroatoms. The number of carbonyl (C=O) groups excluding carboxylic acids is 1. The fourth-order valence-electron chi connectivity index (χ4n) is 3.49. The Bertz CT molecular complexity index is 1300. The Balaban J connectivity index is 1.46. The fourth-order valence-corrected chi connectivity index (χ4v) is 4.29. The average Bonchev–Trinajstić information content (AvgIpc) is 3.46. The highest BCUT2D eigenvalue weighted by Gasteiger charge is 2.17. The third-order valence-electron chi connectivity index (χ3n) is 5.09. The number of nitrogens with one attached hydrogen (secondary N) is 1. The number of nitrogens with zero attached hydrogens (tertiary/aromatic N) is 5. The van der Waals surface area contributed by atoms with Gasteiger partial charge in [0.15, 0.2) is 0 Å². The molecule has 0 saturated heterocycles. The van der Waals surface area contributed by atoms with Gasteiger partial charge in [-0.3, -0.25) is 24.3 Å². The van der Waals surface area contributed by atoms with Crippen LogP contribution in [0.4, 0.5) is 11.4 Å². The number of nitro groups is 1. The van der Waals surface area contributed by atoms with Crippen LogP contribution in [0.3, 0.4) is 0 Å². The molecule has 0 radical (unpaired) electrons. The van der Waals surface area contributed by atoms with Gasteiger partial charge in [-0.1, -0.05) is 29.8 Å².